The van der Waals surface area contributed by atoms with Crippen LogP contribution in [0.1, 0.15) is 16.7 Å². The number of rotatable bonds is 4. The van der Waals surface area contributed by atoms with Crippen LogP contribution >= 0.6 is 0 Å². The summed E-state index contributed by atoms with van der Waals surface area (Å²) in [5, 5.41) is 8.63. The molecule has 0 saturated carbocycles. The van der Waals surface area contributed by atoms with Crippen molar-refractivity contribution in [1.82, 2.24) is 0 Å². The number of nitrogens with zero attached hydrogens (tertiary/aromatic N) is 1. The summed E-state index contributed by atoms with van der Waals surface area (Å²) in [5.74, 6) is -3.06. The maximum atomic E-state index is 13.7. The van der Waals surface area contributed by atoms with Gasteiger partial charge in [0.1, 0.15) is 12.4 Å². The number of benzene rings is 2. The normalized spacial score (nSPS) is 10.2. The summed E-state index contributed by atoms with van der Waals surface area (Å²) in [7, 11) is 0. The molecule has 0 spiro atoms. The lowest BCUT2D eigenvalue weighted by Gasteiger charge is -2.10. The Hall–Kier alpha value is -2.52. The number of nitriles is 1. The number of hydrogen-bond donors (Lipinski definition) is 1. The second-order valence-electron chi connectivity index (χ2n) is 4.30. The van der Waals surface area contributed by atoms with Gasteiger partial charge in [-0.1, -0.05) is 6.07 Å². The Balaban J connectivity index is 2.19. The van der Waals surface area contributed by atoms with E-state index in [0.29, 0.717) is 5.56 Å². The lowest BCUT2D eigenvalue weighted by molar-refractivity contribution is 0.269. The molecule has 0 saturated heterocycles. The monoisotopic (exact) mass is 292 g/mol. The quantitative estimate of drug-likeness (QED) is 0.942. The van der Waals surface area contributed by atoms with Crippen LogP contribution in [0.2, 0.25) is 0 Å². The van der Waals surface area contributed by atoms with Crippen LogP contribution in [0.4, 0.5) is 13.2 Å². The van der Waals surface area contributed by atoms with E-state index < -0.39 is 23.2 Å². The predicted octanol–water partition coefficient (Wildman–Crippen LogP) is 3.01. The molecule has 0 aliphatic heterocycles. The molecule has 0 fully saturated rings. The summed E-state index contributed by atoms with van der Waals surface area (Å²) in [4.78, 5) is 0. The number of hydrogen-bond acceptors (Lipinski definition) is 3. The topological polar surface area (TPSA) is 59.0 Å². The molecule has 2 N–H and O–H groups in total. The van der Waals surface area contributed by atoms with E-state index in [-0.39, 0.29) is 24.3 Å². The Morgan fingerprint density at radius 1 is 1.05 bits per heavy atom. The van der Waals surface area contributed by atoms with Crippen molar-refractivity contribution >= 4 is 0 Å². The van der Waals surface area contributed by atoms with E-state index >= 15 is 0 Å². The van der Waals surface area contributed by atoms with Gasteiger partial charge >= 0.3 is 0 Å². The minimum atomic E-state index is -0.899. The van der Waals surface area contributed by atoms with Gasteiger partial charge in [0.2, 0.25) is 0 Å². The predicted molar refractivity (Wildman–Crippen MR) is 69.7 cm³/mol. The molecule has 108 valence electrons. The molecule has 2 rings (SSSR count). The molecule has 21 heavy (non-hydrogen) atoms. The van der Waals surface area contributed by atoms with E-state index in [1.807, 2.05) is 0 Å². The second-order valence-corrected chi connectivity index (χ2v) is 4.30. The van der Waals surface area contributed by atoms with Gasteiger partial charge in [0, 0.05) is 12.1 Å². The van der Waals surface area contributed by atoms with Crippen LogP contribution in [0, 0.1) is 28.8 Å². The molecule has 0 amide bonds. The van der Waals surface area contributed by atoms with Crippen LogP contribution in [0.3, 0.4) is 0 Å². The summed E-state index contributed by atoms with van der Waals surface area (Å²) in [6, 6.07) is 7.67. The number of halogens is 3. The van der Waals surface area contributed by atoms with Gasteiger partial charge in [0.05, 0.1) is 11.6 Å². The van der Waals surface area contributed by atoms with Crippen LogP contribution in [-0.2, 0) is 13.2 Å². The smallest absolute Gasteiger partial charge is 0.191 e. The molecular weight excluding hydrogens is 281 g/mol. The highest BCUT2D eigenvalue weighted by atomic mass is 19.1. The van der Waals surface area contributed by atoms with Gasteiger partial charge in [-0.15, -0.1) is 0 Å². The minimum absolute atomic E-state index is 0.00162. The van der Waals surface area contributed by atoms with Gasteiger partial charge < -0.3 is 10.5 Å². The molecule has 2 aromatic rings. The molecule has 0 bridgehead atoms. The maximum absolute atomic E-state index is 13.7. The van der Waals surface area contributed by atoms with Gasteiger partial charge in [0.25, 0.3) is 0 Å². The Morgan fingerprint density at radius 3 is 2.24 bits per heavy atom. The van der Waals surface area contributed by atoms with E-state index in [2.05, 4.69) is 0 Å². The Labute approximate surface area is 119 Å². The number of ether oxygens (including phenoxy) is 1. The average Bonchev–Trinajstić information content (AvgIpc) is 2.47. The van der Waals surface area contributed by atoms with Crippen LogP contribution in [-0.4, -0.2) is 0 Å². The van der Waals surface area contributed by atoms with Gasteiger partial charge in [-0.2, -0.15) is 5.26 Å². The fraction of sp³-hybridized carbons (Fsp3) is 0.133. The van der Waals surface area contributed by atoms with Crippen LogP contribution in [0.25, 0.3) is 0 Å². The molecule has 0 aliphatic rings. The summed E-state index contributed by atoms with van der Waals surface area (Å²) >= 11 is 0. The third-order valence-corrected chi connectivity index (χ3v) is 2.85. The van der Waals surface area contributed by atoms with Crippen LogP contribution < -0.4 is 10.5 Å². The highest BCUT2D eigenvalue weighted by Gasteiger charge is 2.13. The lowest BCUT2D eigenvalue weighted by atomic mass is 10.1. The van der Waals surface area contributed by atoms with Crippen molar-refractivity contribution in [2.24, 2.45) is 5.73 Å². The van der Waals surface area contributed by atoms with E-state index in [1.165, 1.54) is 12.1 Å². The summed E-state index contributed by atoms with van der Waals surface area (Å²) in [5.41, 5.74) is 5.84. The van der Waals surface area contributed by atoms with Crippen molar-refractivity contribution < 1.29 is 17.9 Å². The standard InChI is InChI=1S/C15H11F3N2O/c16-12-3-9(6-19)1-2-11(12)8-21-15-13(17)4-10(7-20)5-14(15)18/h1-5H,7-8,20H2. The first-order valence-electron chi connectivity index (χ1n) is 6.04. The third kappa shape index (κ3) is 3.33. The van der Waals surface area contributed by atoms with Gasteiger partial charge in [0.15, 0.2) is 17.4 Å². The van der Waals surface area contributed by atoms with Gasteiger partial charge in [-0.3, -0.25) is 0 Å². The first-order chi connectivity index (χ1) is 10.0. The molecule has 0 unspecified atom stereocenters. The summed E-state index contributed by atoms with van der Waals surface area (Å²) in [6.45, 7) is -0.355. The number of nitrogens with two attached hydrogens (primary N) is 1. The third-order valence-electron chi connectivity index (χ3n) is 2.85. The largest absolute Gasteiger partial charge is 0.483 e. The van der Waals surface area contributed by atoms with Crippen molar-refractivity contribution in [1.29, 1.82) is 5.26 Å². The lowest BCUT2D eigenvalue weighted by Crippen LogP contribution is -2.04. The first kappa shape index (κ1) is 14.9. The molecule has 0 aromatic heterocycles. The Kier molecular flexibility index (Phi) is 4.45. The van der Waals surface area contributed by atoms with E-state index in [9.17, 15) is 13.2 Å². The van der Waals surface area contributed by atoms with Crippen LogP contribution in [0.15, 0.2) is 30.3 Å². The summed E-state index contributed by atoms with van der Waals surface area (Å²) in [6.07, 6.45) is 0. The van der Waals surface area contributed by atoms with E-state index in [4.69, 9.17) is 15.7 Å². The molecule has 0 radical (unpaired) electrons. The Morgan fingerprint density at radius 2 is 1.71 bits per heavy atom. The fourth-order valence-corrected chi connectivity index (χ4v) is 1.75. The molecule has 0 atom stereocenters. The zero-order chi connectivity index (χ0) is 15.4. The van der Waals surface area contributed by atoms with Crippen molar-refractivity contribution in [2.75, 3.05) is 0 Å². The fourth-order valence-electron chi connectivity index (χ4n) is 1.75. The molecule has 6 heteroatoms. The minimum Gasteiger partial charge on any atom is -0.483 e. The van der Waals surface area contributed by atoms with Gasteiger partial charge in [-0.05, 0) is 29.8 Å². The molecule has 0 aliphatic carbocycles. The second kappa shape index (κ2) is 6.29. The Bertz CT molecular complexity index is 688. The van der Waals surface area contributed by atoms with Crippen molar-refractivity contribution in [3.8, 4) is 11.8 Å². The maximum Gasteiger partial charge on any atom is 0.191 e. The molecule has 2 aromatic carbocycles. The highest BCUT2D eigenvalue weighted by molar-refractivity contribution is 5.34. The van der Waals surface area contributed by atoms with E-state index in [0.717, 1.165) is 18.2 Å². The first-order valence-corrected chi connectivity index (χ1v) is 6.04. The van der Waals surface area contributed by atoms with Crippen molar-refractivity contribution in [2.45, 2.75) is 13.2 Å². The van der Waals surface area contributed by atoms with Crippen molar-refractivity contribution in [3.63, 3.8) is 0 Å². The van der Waals surface area contributed by atoms with Crippen molar-refractivity contribution in [3.05, 3.63) is 64.5 Å². The molecule has 0 heterocycles. The molecule has 3 nitrogen and oxygen atoms in total. The molecular formula is C15H11F3N2O. The summed E-state index contributed by atoms with van der Waals surface area (Å²) < 4.78 is 45.9. The zero-order valence-corrected chi connectivity index (χ0v) is 10.9. The van der Waals surface area contributed by atoms with E-state index in [1.54, 1.807) is 6.07 Å². The highest BCUT2D eigenvalue weighted by Crippen LogP contribution is 2.24. The SMILES string of the molecule is N#Cc1ccc(COc2c(F)cc(CN)cc2F)c(F)c1. The van der Waals surface area contributed by atoms with Gasteiger partial charge in [-0.25, -0.2) is 13.2 Å². The average molecular weight is 292 g/mol. The zero-order valence-electron chi connectivity index (χ0n) is 10.9. The van der Waals surface area contributed by atoms with Crippen LogP contribution in [0.5, 0.6) is 5.75 Å².